The highest BCUT2D eigenvalue weighted by Crippen LogP contribution is 2.25. The second kappa shape index (κ2) is 6.93. The molecule has 1 amide bonds. The highest BCUT2D eigenvalue weighted by Gasteiger charge is 2.50. The minimum atomic E-state index is -1.36. The molecule has 8 nitrogen and oxygen atoms in total. The maximum Gasteiger partial charge on any atom is 0.331 e. The van der Waals surface area contributed by atoms with Crippen LogP contribution < -0.4 is 5.32 Å². The summed E-state index contributed by atoms with van der Waals surface area (Å²) >= 11 is 0. The summed E-state index contributed by atoms with van der Waals surface area (Å²) < 4.78 is 10.3. The van der Waals surface area contributed by atoms with Crippen LogP contribution in [0.2, 0.25) is 0 Å². The van der Waals surface area contributed by atoms with E-state index in [1.165, 1.54) is 7.11 Å². The van der Waals surface area contributed by atoms with Gasteiger partial charge in [-0.15, -0.1) is 0 Å². The molecule has 1 aromatic carbocycles. The van der Waals surface area contributed by atoms with E-state index in [4.69, 9.17) is 15.0 Å². The Labute approximate surface area is 127 Å². The summed E-state index contributed by atoms with van der Waals surface area (Å²) in [5, 5.41) is 5.93. The van der Waals surface area contributed by atoms with Crippen molar-refractivity contribution in [3.63, 3.8) is 0 Å². The average molecular weight is 304 g/mol. The SMILES string of the molecule is COC(=O)[C@@]1(CN=[N+]=[N-])C[C@H](OCc2ccccc2)C(=O)N1. The Bertz CT molecular complexity index is 600. The zero-order chi connectivity index (χ0) is 16.0. The number of carbonyl (C=O) groups excluding carboxylic acids is 2. The first-order valence-electron chi connectivity index (χ1n) is 6.68. The molecule has 2 atom stereocenters. The molecule has 116 valence electrons. The van der Waals surface area contributed by atoms with Gasteiger partial charge in [0.05, 0.1) is 20.3 Å². The van der Waals surface area contributed by atoms with Crippen LogP contribution in [0.1, 0.15) is 12.0 Å². The van der Waals surface area contributed by atoms with E-state index in [0.717, 1.165) is 5.56 Å². The van der Waals surface area contributed by atoms with Gasteiger partial charge in [0.2, 0.25) is 5.91 Å². The van der Waals surface area contributed by atoms with Crippen LogP contribution >= 0.6 is 0 Å². The molecule has 1 saturated heterocycles. The first-order valence-corrected chi connectivity index (χ1v) is 6.68. The summed E-state index contributed by atoms with van der Waals surface area (Å²) in [6.07, 6.45) is -0.738. The van der Waals surface area contributed by atoms with Gasteiger partial charge >= 0.3 is 5.97 Å². The lowest BCUT2D eigenvalue weighted by molar-refractivity contribution is -0.148. The summed E-state index contributed by atoms with van der Waals surface area (Å²) in [6.45, 7) is 0.0325. The van der Waals surface area contributed by atoms with Crippen molar-refractivity contribution in [2.24, 2.45) is 5.11 Å². The molecule has 22 heavy (non-hydrogen) atoms. The van der Waals surface area contributed by atoms with Crippen LogP contribution in [0.5, 0.6) is 0 Å². The van der Waals surface area contributed by atoms with Crippen LogP contribution in [0.15, 0.2) is 35.4 Å². The Hall–Kier alpha value is -2.57. The number of rotatable bonds is 6. The van der Waals surface area contributed by atoms with Gasteiger partial charge in [0.15, 0.2) is 0 Å². The number of carbonyl (C=O) groups is 2. The van der Waals surface area contributed by atoms with Gasteiger partial charge in [-0.05, 0) is 11.1 Å². The maximum absolute atomic E-state index is 12.0. The molecule has 1 fully saturated rings. The number of amides is 1. The van der Waals surface area contributed by atoms with Crippen molar-refractivity contribution in [2.75, 3.05) is 13.7 Å². The fraction of sp³-hybridized carbons (Fsp3) is 0.429. The number of nitrogens with one attached hydrogen (secondary N) is 1. The van der Waals surface area contributed by atoms with E-state index in [0.29, 0.717) is 0 Å². The molecule has 1 aliphatic heterocycles. The van der Waals surface area contributed by atoms with E-state index >= 15 is 0 Å². The van der Waals surface area contributed by atoms with Gasteiger partial charge in [-0.3, -0.25) is 4.79 Å². The molecule has 0 radical (unpaired) electrons. The van der Waals surface area contributed by atoms with Crippen LogP contribution in [0.25, 0.3) is 10.4 Å². The number of ether oxygens (including phenoxy) is 2. The Morgan fingerprint density at radius 1 is 1.50 bits per heavy atom. The van der Waals surface area contributed by atoms with Crippen molar-refractivity contribution in [1.82, 2.24) is 5.32 Å². The first kappa shape index (κ1) is 15.8. The fourth-order valence-electron chi connectivity index (χ4n) is 2.33. The van der Waals surface area contributed by atoms with Crippen LogP contribution in [0, 0.1) is 0 Å². The lowest BCUT2D eigenvalue weighted by atomic mass is 9.97. The molecule has 0 spiro atoms. The predicted octanol–water partition coefficient (Wildman–Crippen LogP) is 1.31. The highest BCUT2D eigenvalue weighted by atomic mass is 16.5. The van der Waals surface area contributed by atoms with Gasteiger partial charge < -0.3 is 14.8 Å². The van der Waals surface area contributed by atoms with E-state index < -0.39 is 23.5 Å². The number of nitrogens with zero attached hydrogens (tertiary/aromatic N) is 3. The van der Waals surface area contributed by atoms with Gasteiger partial charge in [-0.2, -0.15) is 0 Å². The standard InChI is InChI=1S/C14H16N4O4/c1-21-13(20)14(9-16-18-15)7-11(12(19)17-14)22-8-10-5-3-2-4-6-10/h2-6,11H,7-9H2,1H3,(H,17,19)/t11-,14-/m0/s1. The van der Waals surface area contributed by atoms with E-state index in [2.05, 4.69) is 15.3 Å². The topological polar surface area (TPSA) is 113 Å². The number of esters is 1. The van der Waals surface area contributed by atoms with Crippen LogP contribution in [-0.2, 0) is 25.7 Å². The molecular formula is C14H16N4O4. The zero-order valence-electron chi connectivity index (χ0n) is 12.1. The monoisotopic (exact) mass is 304 g/mol. The van der Waals surface area contributed by atoms with Gasteiger partial charge in [0.25, 0.3) is 0 Å². The highest BCUT2D eigenvalue weighted by molar-refractivity contribution is 5.94. The molecule has 0 bridgehead atoms. The van der Waals surface area contributed by atoms with Gasteiger partial charge in [0, 0.05) is 11.3 Å². The molecule has 0 aliphatic carbocycles. The van der Waals surface area contributed by atoms with Crippen molar-refractivity contribution in [3.8, 4) is 0 Å². The van der Waals surface area contributed by atoms with Crippen LogP contribution in [0.3, 0.4) is 0 Å². The van der Waals surface area contributed by atoms with E-state index in [-0.39, 0.29) is 19.6 Å². The average Bonchev–Trinajstić information content (AvgIpc) is 2.88. The normalized spacial score (nSPS) is 23.5. The van der Waals surface area contributed by atoms with Crippen molar-refractivity contribution in [1.29, 1.82) is 0 Å². The molecule has 1 heterocycles. The minimum absolute atomic E-state index is 0.0599. The summed E-state index contributed by atoms with van der Waals surface area (Å²) in [4.78, 5) is 26.6. The molecule has 0 unspecified atom stereocenters. The van der Waals surface area contributed by atoms with Crippen molar-refractivity contribution in [2.45, 2.75) is 24.7 Å². The van der Waals surface area contributed by atoms with Crippen molar-refractivity contribution in [3.05, 3.63) is 46.3 Å². The second-order valence-electron chi connectivity index (χ2n) is 4.94. The Morgan fingerprint density at radius 3 is 2.86 bits per heavy atom. The summed E-state index contributed by atoms with van der Waals surface area (Å²) in [5.74, 6) is -1.08. The Balaban J connectivity index is 2.06. The lowest BCUT2D eigenvalue weighted by Crippen LogP contribution is -2.52. The van der Waals surface area contributed by atoms with E-state index in [9.17, 15) is 9.59 Å². The third-order valence-electron chi connectivity index (χ3n) is 3.46. The predicted molar refractivity (Wildman–Crippen MR) is 76.5 cm³/mol. The smallest absolute Gasteiger partial charge is 0.331 e. The Morgan fingerprint density at radius 2 is 2.23 bits per heavy atom. The lowest BCUT2D eigenvalue weighted by Gasteiger charge is -2.23. The summed E-state index contributed by atoms with van der Waals surface area (Å²) in [6, 6.07) is 9.37. The van der Waals surface area contributed by atoms with Crippen molar-refractivity contribution >= 4 is 11.9 Å². The zero-order valence-corrected chi connectivity index (χ0v) is 12.1. The molecular weight excluding hydrogens is 288 g/mol. The molecule has 8 heteroatoms. The number of hydrogen-bond donors (Lipinski definition) is 1. The van der Waals surface area contributed by atoms with Gasteiger partial charge in [-0.25, -0.2) is 4.79 Å². The molecule has 1 N–H and O–H groups in total. The molecule has 0 saturated carbocycles. The van der Waals surface area contributed by atoms with Gasteiger partial charge in [0.1, 0.15) is 11.6 Å². The third-order valence-corrected chi connectivity index (χ3v) is 3.46. The van der Waals surface area contributed by atoms with Gasteiger partial charge in [-0.1, -0.05) is 35.4 Å². The number of azide groups is 1. The quantitative estimate of drug-likeness (QED) is 0.369. The largest absolute Gasteiger partial charge is 0.467 e. The van der Waals surface area contributed by atoms with Crippen LogP contribution in [0.4, 0.5) is 0 Å². The minimum Gasteiger partial charge on any atom is -0.467 e. The third kappa shape index (κ3) is 3.36. The van der Waals surface area contributed by atoms with E-state index in [1.54, 1.807) is 0 Å². The summed E-state index contributed by atoms with van der Waals surface area (Å²) in [5.41, 5.74) is 8.00. The molecule has 2 rings (SSSR count). The van der Waals surface area contributed by atoms with Crippen molar-refractivity contribution < 1.29 is 19.1 Å². The number of benzene rings is 1. The summed E-state index contributed by atoms with van der Waals surface area (Å²) in [7, 11) is 1.21. The first-order chi connectivity index (χ1) is 10.6. The molecule has 1 aromatic rings. The van der Waals surface area contributed by atoms with E-state index in [1.807, 2.05) is 30.3 Å². The fourth-order valence-corrected chi connectivity index (χ4v) is 2.33. The number of methoxy groups -OCH3 is 1. The van der Waals surface area contributed by atoms with Crippen LogP contribution in [-0.4, -0.2) is 37.2 Å². The molecule has 1 aliphatic rings. The maximum atomic E-state index is 12.0. The Kier molecular flexibility index (Phi) is 4.98. The second-order valence-corrected chi connectivity index (χ2v) is 4.94. The molecule has 0 aromatic heterocycles. The number of hydrogen-bond acceptors (Lipinski definition) is 5.